The maximum absolute atomic E-state index is 11.5. The van der Waals surface area contributed by atoms with Crippen LogP contribution >= 0.6 is 11.3 Å². The summed E-state index contributed by atoms with van der Waals surface area (Å²) in [5.41, 5.74) is 1.60. The van der Waals surface area contributed by atoms with Gasteiger partial charge in [0.2, 0.25) is 0 Å². The van der Waals surface area contributed by atoms with Crippen LogP contribution in [0.4, 0.5) is 0 Å². The first-order valence-electron chi connectivity index (χ1n) is 5.15. The van der Waals surface area contributed by atoms with E-state index in [9.17, 15) is 9.59 Å². The highest BCUT2D eigenvalue weighted by atomic mass is 32.1. The van der Waals surface area contributed by atoms with Gasteiger partial charge in [-0.05, 0) is 29.7 Å². The van der Waals surface area contributed by atoms with Crippen molar-refractivity contribution >= 4 is 23.3 Å². The van der Waals surface area contributed by atoms with Gasteiger partial charge in [0, 0.05) is 0 Å². The van der Waals surface area contributed by atoms with Crippen LogP contribution < -0.4 is 0 Å². The van der Waals surface area contributed by atoms with E-state index in [1.165, 1.54) is 24.2 Å². The third-order valence-corrected chi connectivity index (χ3v) is 4.17. The molecule has 2 heterocycles. The number of ether oxygens (including phenoxy) is 1. The predicted molar refractivity (Wildman–Crippen MR) is 55.3 cm³/mol. The van der Waals surface area contributed by atoms with Crippen LogP contribution in [0.15, 0.2) is 5.38 Å². The fourth-order valence-corrected chi connectivity index (χ4v) is 3.46. The van der Waals surface area contributed by atoms with Gasteiger partial charge in [-0.15, -0.1) is 11.3 Å². The summed E-state index contributed by atoms with van der Waals surface area (Å²) in [6, 6.07) is 0. The van der Waals surface area contributed by atoms with Crippen LogP contribution in [0.25, 0.3) is 0 Å². The molecule has 1 saturated carbocycles. The van der Waals surface area contributed by atoms with Crippen molar-refractivity contribution in [2.75, 3.05) is 0 Å². The Kier molecular flexibility index (Phi) is 1.92. The van der Waals surface area contributed by atoms with Crippen molar-refractivity contribution in [3.8, 4) is 0 Å². The molecule has 1 aromatic heterocycles. The third kappa shape index (κ3) is 1.24. The van der Waals surface area contributed by atoms with E-state index in [0.717, 1.165) is 18.4 Å². The van der Waals surface area contributed by atoms with Gasteiger partial charge in [0.1, 0.15) is 4.88 Å². The highest BCUT2D eigenvalue weighted by Crippen LogP contribution is 2.41. The summed E-state index contributed by atoms with van der Waals surface area (Å²) in [5.74, 6) is -0.453. The van der Waals surface area contributed by atoms with Gasteiger partial charge in [-0.3, -0.25) is 0 Å². The van der Waals surface area contributed by atoms with Crippen LogP contribution in [-0.4, -0.2) is 11.9 Å². The summed E-state index contributed by atoms with van der Waals surface area (Å²) in [6.07, 6.45) is 4.70. The molecule has 3 nitrogen and oxygen atoms in total. The van der Waals surface area contributed by atoms with E-state index in [1.54, 1.807) is 0 Å². The topological polar surface area (TPSA) is 43.4 Å². The molecule has 0 N–H and O–H groups in total. The van der Waals surface area contributed by atoms with Crippen LogP contribution in [0, 0.1) is 0 Å². The molecule has 15 heavy (non-hydrogen) atoms. The lowest BCUT2D eigenvalue weighted by atomic mass is 9.96. The normalized spacial score (nSPS) is 20.8. The molecule has 0 amide bonds. The zero-order valence-electron chi connectivity index (χ0n) is 8.12. The highest BCUT2D eigenvalue weighted by molar-refractivity contribution is 7.12. The molecule has 0 bridgehead atoms. The molecular formula is C11H10O3S. The second-order valence-electron chi connectivity index (χ2n) is 4.05. The van der Waals surface area contributed by atoms with Crippen LogP contribution in [0.5, 0.6) is 0 Å². The average molecular weight is 222 g/mol. The van der Waals surface area contributed by atoms with Crippen LogP contribution in [0.2, 0.25) is 0 Å². The van der Waals surface area contributed by atoms with Gasteiger partial charge >= 0.3 is 11.9 Å². The summed E-state index contributed by atoms with van der Waals surface area (Å²) in [6.45, 7) is 0. The largest absolute Gasteiger partial charge is 0.385 e. The Morgan fingerprint density at radius 2 is 1.93 bits per heavy atom. The van der Waals surface area contributed by atoms with Crippen molar-refractivity contribution in [1.29, 1.82) is 0 Å². The molecule has 0 aromatic carbocycles. The fraction of sp³-hybridized carbons (Fsp3) is 0.455. The molecule has 0 spiro atoms. The Morgan fingerprint density at radius 1 is 1.20 bits per heavy atom. The van der Waals surface area contributed by atoms with Gasteiger partial charge in [-0.25, -0.2) is 9.59 Å². The molecule has 1 fully saturated rings. The van der Waals surface area contributed by atoms with E-state index >= 15 is 0 Å². The van der Waals surface area contributed by atoms with Gasteiger partial charge in [0.15, 0.2) is 0 Å². The number of carbonyl (C=O) groups excluding carboxylic acids is 2. The predicted octanol–water partition coefficient (Wildman–Crippen LogP) is 2.72. The number of rotatable bonds is 1. The first-order chi connectivity index (χ1) is 7.27. The quantitative estimate of drug-likeness (QED) is 0.542. The monoisotopic (exact) mass is 222 g/mol. The SMILES string of the molecule is O=C1OC(=O)c2c(C3CCCC3)csc21. The molecule has 2 aliphatic rings. The van der Waals surface area contributed by atoms with E-state index < -0.39 is 11.9 Å². The minimum Gasteiger partial charge on any atom is -0.385 e. The zero-order valence-corrected chi connectivity index (χ0v) is 8.93. The first kappa shape index (κ1) is 9.09. The zero-order chi connectivity index (χ0) is 10.4. The Bertz CT molecular complexity index is 441. The van der Waals surface area contributed by atoms with E-state index in [0.29, 0.717) is 16.4 Å². The summed E-state index contributed by atoms with van der Waals surface area (Å²) in [7, 11) is 0. The number of hydrogen-bond donors (Lipinski definition) is 0. The minimum atomic E-state index is -0.468. The molecular weight excluding hydrogens is 212 g/mol. The number of thiophene rings is 1. The second kappa shape index (κ2) is 3.17. The average Bonchev–Trinajstić information content (AvgIpc) is 2.88. The van der Waals surface area contributed by atoms with Crippen LogP contribution in [0.3, 0.4) is 0 Å². The van der Waals surface area contributed by atoms with Gasteiger partial charge in [0.25, 0.3) is 0 Å². The van der Waals surface area contributed by atoms with Crippen molar-refractivity contribution in [2.24, 2.45) is 0 Å². The Labute approximate surface area is 91.1 Å². The Balaban J connectivity index is 2.07. The standard InChI is InChI=1S/C11H10O3S/c12-10-8-7(6-3-1-2-4-6)5-15-9(8)11(13)14-10/h5-6H,1-4H2. The lowest BCUT2D eigenvalue weighted by molar-refractivity contribution is 0.0444. The number of fused-ring (bicyclic) bond motifs is 1. The van der Waals surface area contributed by atoms with Crippen LogP contribution in [0.1, 0.15) is 57.2 Å². The molecule has 0 unspecified atom stereocenters. The summed E-state index contributed by atoms with van der Waals surface area (Å²) in [5, 5.41) is 1.96. The maximum Gasteiger partial charge on any atom is 0.357 e. The van der Waals surface area contributed by atoms with E-state index in [2.05, 4.69) is 4.74 Å². The van der Waals surface area contributed by atoms with E-state index in [-0.39, 0.29) is 0 Å². The van der Waals surface area contributed by atoms with Gasteiger partial charge in [-0.1, -0.05) is 12.8 Å². The number of esters is 2. The van der Waals surface area contributed by atoms with E-state index in [4.69, 9.17) is 0 Å². The van der Waals surface area contributed by atoms with E-state index in [1.807, 2.05) is 5.38 Å². The lowest BCUT2D eigenvalue weighted by Crippen LogP contribution is -2.02. The molecule has 0 radical (unpaired) electrons. The van der Waals surface area contributed by atoms with Gasteiger partial charge < -0.3 is 4.74 Å². The number of cyclic esters (lactones) is 2. The Hall–Kier alpha value is -1.16. The van der Waals surface area contributed by atoms with Crippen LogP contribution in [-0.2, 0) is 4.74 Å². The molecule has 1 aliphatic carbocycles. The van der Waals surface area contributed by atoms with Crippen molar-refractivity contribution in [3.05, 3.63) is 21.4 Å². The third-order valence-electron chi connectivity index (χ3n) is 3.19. The molecule has 1 aromatic rings. The smallest absolute Gasteiger partial charge is 0.357 e. The summed E-state index contributed by atoms with van der Waals surface area (Å²) in [4.78, 5) is 23.3. The van der Waals surface area contributed by atoms with Crippen molar-refractivity contribution in [2.45, 2.75) is 31.6 Å². The minimum absolute atomic E-state index is 0.446. The van der Waals surface area contributed by atoms with Crippen molar-refractivity contribution in [3.63, 3.8) is 0 Å². The second-order valence-corrected chi connectivity index (χ2v) is 4.93. The van der Waals surface area contributed by atoms with Crippen molar-refractivity contribution < 1.29 is 14.3 Å². The van der Waals surface area contributed by atoms with Crippen molar-refractivity contribution in [1.82, 2.24) is 0 Å². The fourth-order valence-electron chi connectivity index (χ4n) is 2.45. The van der Waals surface area contributed by atoms with Gasteiger partial charge in [0.05, 0.1) is 5.56 Å². The molecule has 3 rings (SSSR count). The molecule has 1 aliphatic heterocycles. The summed E-state index contributed by atoms with van der Waals surface area (Å²) >= 11 is 1.34. The Morgan fingerprint density at radius 3 is 2.67 bits per heavy atom. The summed E-state index contributed by atoms with van der Waals surface area (Å²) < 4.78 is 4.60. The lowest BCUT2D eigenvalue weighted by Gasteiger charge is -2.06. The highest BCUT2D eigenvalue weighted by Gasteiger charge is 2.36. The molecule has 4 heteroatoms. The van der Waals surface area contributed by atoms with Gasteiger partial charge in [-0.2, -0.15) is 0 Å². The number of hydrogen-bond acceptors (Lipinski definition) is 4. The molecule has 78 valence electrons. The maximum atomic E-state index is 11.5. The number of carbonyl (C=O) groups is 2. The molecule has 0 saturated heterocycles. The first-order valence-corrected chi connectivity index (χ1v) is 6.03. The molecule has 0 atom stereocenters.